The number of carbonyl (C=O) groups excluding carboxylic acids is 1. The van der Waals surface area contributed by atoms with Crippen LogP contribution in [0.5, 0.6) is 5.75 Å². The largest absolute Gasteiger partial charge is 0.494 e. The second-order valence-electron chi connectivity index (χ2n) is 6.66. The second-order valence-corrected chi connectivity index (χ2v) is 7.51. The monoisotopic (exact) mass is 434 g/mol. The lowest BCUT2D eigenvalue weighted by Crippen LogP contribution is -2.48. The van der Waals surface area contributed by atoms with E-state index in [9.17, 15) is 9.18 Å². The van der Waals surface area contributed by atoms with E-state index in [0.29, 0.717) is 17.5 Å². The Labute approximate surface area is 168 Å². The fourth-order valence-electron chi connectivity index (χ4n) is 3.21. The summed E-state index contributed by atoms with van der Waals surface area (Å²) in [6, 6.07) is 12.9. The molecule has 3 rings (SSSR count). The minimum absolute atomic E-state index is 0.0919. The maximum atomic E-state index is 13.3. The van der Waals surface area contributed by atoms with Crippen molar-refractivity contribution in [2.75, 3.05) is 32.8 Å². The molecule has 4 nitrogen and oxygen atoms in total. The van der Waals surface area contributed by atoms with E-state index in [4.69, 9.17) is 4.74 Å². The minimum atomic E-state index is -0.311. The van der Waals surface area contributed by atoms with Crippen molar-refractivity contribution < 1.29 is 13.9 Å². The SMILES string of the molecule is CCOc1ccc(CN2CCN(C(=O)Cc3ccc(F)c(Br)c3)CC2)cc1. The van der Waals surface area contributed by atoms with Crippen LogP contribution in [0.4, 0.5) is 4.39 Å². The molecule has 6 heteroatoms. The fourth-order valence-corrected chi connectivity index (χ4v) is 3.63. The molecule has 0 aromatic heterocycles. The molecule has 0 bridgehead atoms. The average Bonchev–Trinajstić information content (AvgIpc) is 2.67. The number of ether oxygens (including phenoxy) is 1. The lowest BCUT2D eigenvalue weighted by Gasteiger charge is -2.35. The smallest absolute Gasteiger partial charge is 0.227 e. The average molecular weight is 435 g/mol. The standard InChI is InChI=1S/C21H24BrFN2O2/c1-2-27-18-6-3-16(4-7-18)15-24-9-11-25(12-10-24)21(26)14-17-5-8-20(23)19(22)13-17/h3-8,13H,2,9-12,14-15H2,1H3. The van der Waals surface area contributed by atoms with Gasteiger partial charge >= 0.3 is 0 Å². The third-order valence-electron chi connectivity index (χ3n) is 4.70. The van der Waals surface area contributed by atoms with E-state index in [0.717, 1.165) is 44.0 Å². The quantitative estimate of drug-likeness (QED) is 0.691. The van der Waals surface area contributed by atoms with E-state index in [1.165, 1.54) is 11.6 Å². The number of amides is 1. The van der Waals surface area contributed by atoms with Gasteiger partial charge in [0.2, 0.25) is 5.91 Å². The molecule has 1 saturated heterocycles. The van der Waals surface area contributed by atoms with Crippen molar-refractivity contribution in [2.45, 2.75) is 19.9 Å². The molecule has 0 unspecified atom stereocenters. The first-order valence-corrected chi connectivity index (χ1v) is 10.00. The van der Waals surface area contributed by atoms with Gasteiger partial charge in [0.15, 0.2) is 0 Å². The highest BCUT2D eigenvalue weighted by atomic mass is 79.9. The number of carbonyl (C=O) groups is 1. The predicted molar refractivity (Wildman–Crippen MR) is 107 cm³/mol. The molecule has 2 aromatic carbocycles. The number of halogens is 2. The minimum Gasteiger partial charge on any atom is -0.494 e. The Hall–Kier alpha value is -1.92. The number of benzene rings is 2. The number of piperazine rings is 1. The summed E-state index contributed by atoms with van der Waals surface area (Å²) < 4.78 is 19.2. The molecular formula is C21H24BrFN2O2. The zero-order chi connectivity index (χ0) is 19.2. The fraction of sp³-hybridized carbons (Fsp3) is 0.381. The van der Waals surface area contributed by atoms with Crippen LogP contribution in [0, 0.1) is 5.82 Å². The Morgan fingerprint density at radius 2 is 1.74 bits per heavy atom. The number of hydrogen-bond donors (Lipinski definition) is 0. The van der Waals surface area contributed by atoms with E-state index in [1.54, 1.807) is 12.1 Å². The first-order chi connectivity index (χ1) is 13.0. The Balaban J connectivity index is 1.47. The summed E-state index contributed by atoms with van der Waals surface area (Å²) in [7, 11) is 0. The summed E-state index contributed by atoms with van der Waals surface area (Å²) in [6.07, 6.45) is 0.303. The van der Waals surface area contributed by atoms with Crippen molar-refractivity contribution in [3.05, 3.63) is 63.9 Å². The molecule has 27 heavy (non-hydrogen) atoms. The van der Waals surface area contributed by atoms with Gasteiger partial charge in [0, 0.05) is 32.7 Å². The van der Waals surface area contributed by atoms with Crippen LogP contribution in [0.3, 0.4) is 0 Å². The van der Waals surface area contributed by atoms with Crippen molar-refractivity contribution in [3.63, 3.8) is 0 Å². The lowest BCUT2D eigenvalue weighted by atomic mass is 10.1. The first kappa shape index (κ1) is 19.8. The Bertz CT molecular complexity index is 774. The highest BCUT2D eigenvalue weighted by Gasteiger charge is 2.21. The van der Waals surface area contributed by atoms with Gasteiger partial charge in [0.05, 0.1) is 17.5 Å². The third-order valence-corrected chi connectivity index (χ3v) is 5.31. The van der Waals surface area contributed by atoms with Gasteiger partial charge in [-0.2, -0.15) is 0 Å². The summed E-state index contributed by atoms with van der Waals surface area (Å²) in [4.78, 5) is 16.8. The van der Waals surface area contributed by atoms with Gasteiger partial charge in [-0.3, -0.25) is 9.69 Å². The molecule has 1 amide bonds. The van der Waals surface area contributed by atoms with Gasteiger partial charge in [-0.25, -0.2) is 4.39 Å². The van der Waals surface area contributed by atoms with Crippen molar-refractivity contribution in [1.29, 1.82) is 0 Å². The van der Waals surface area contributed by atoms with E-state index >= 15 is 0 Å². The molecule has 0 saturated carbocycles. The zero-order valence-corrected chi connectivity index (χ0v) is 17.0. The number of nitrogens with zero attached hydrogens (tertiary/aromatic N) is 2. The molecule has 144 valence electrons. The van der Waals surface area contributed by atoms with Gasteiger partial charge in [-0.05, 0) is 58.2 Å². The molecule has 1 heterocycles. The van der Waals surface area contributed by atoms with Crippen LogP contribution in [0.1, 0.15) is 18.1 Å². The summed E-state index contributed by atoms with van der Waals surface area (Å²) in [5.41, 5.74) is 2.07. The second kappa shape index (κ2) is 9.33. The van der Waals surface area contributed by atoms with Crippen LogP contribution >= 0.6 is 15.9 Å². The molecule has 0 atom stereocenters. The molecule has 2 aromatic rings. The third kappa shape index (κ3) is 5.53. The molecule has 1 aliphatic rings. The van der Waals surface area contributed by atoms with Crippen LogP contribution in [-0.4, -0.2) is 48.5 Å². The Morgan fingerprint density at radius 1 is 1.07 bits per heavy atom. The van der Waals surface area contributed by atoms with Gasteiger partial charge < -0.3 is 9.64 Å². The molecule has 1 fully saturated rings. The van der Waals surface area contributed by atoms with E-state index in [1.807, 2.05) is 24.0 Å². The molecule has 0 N–H and O–H groups in total. The molecule has 0 radical (unpaired) electrons. The summed E-state index contributed by atoms with van der Waals surface area (Å²) in [5, 5.41) is 0. The van der Waals surface area contributed by atoms with Crippen LogP contribution < -0.4 is 4.74 Å². The number of hydrogen-bond acceptors (Lipinski definition) is 3. The summed E-state index contributed by atoms with van der Waals surface area (Å²) in [6.45, 7) is 6.67. The molecule has 1 aliphatic heterocycles. The molecular weight excluding hydrogens is 411 g/mol. The van der Waals surface area contributed by atoms with Gasteiger partial charge in [0.1, 0.15) is 11.6 Å². The molecule has 0 aliphatic carbocycles. The maximum Gasteiger partial charge on any atom is 0.227 e. The van der Waals surface area contributed by atoms with Crippen molar-refractivity contribution in [3.8, 4) is 5.75 Å². The zero-order valence-electron chi connectivity index (χ0n) is 15.5. The normalized spacial score (nSPS) is 15.0. The summed E-state index contributed by atoms with van der Waals surface area (Å²) >= 11 is 3.17. The topological polar surface area (TPSA) is 32.8 Å². The Kier molecular flexibility index (Phi) is 6.85. The first-order valence-electron chi connectivity index (χ1n) is 9.21. The van der Waals surface area contributed by atoms with E-state index < -0.39 is 0 Å². The lowest BCUT2D eigenvalue weighted by molar-refractivity contribution is -0.132. The summed E-state index contributed by atoms with van der Waals surface area (Å²) in [5.74, 6) is 0.674. The predicted octanol–water partition coefficient (Wildman–Crippen LogP) is 3.87. The van der Waals surface area contributed by atoms with Crippen molar-refractivity contribution in [2.24, 2.45) is 0 Å². The van der Waals surface area contributed by atoms with Crippen LogP contribution in [-0.2, 0) is 17.8 Å². The van der Waals surface area contributed by atoms with Crippen molar-refractivity contribution in [1.82, 2.24) is 9.80 Å². The van der Waals surface area contributed by atoms with Crippen LogP contribution in [0.2, 0.25) is 0 Å². The Morgan fingerprint density at radius 3 is 2.37 bits per heavy atom. The van der Waals surface area contributed by atoms with Gasteiger partial charge in [0.25, 0.3) is 0 Å². The highest BCUT2D eigenvalue weighted by molar-refractivity contribution is 9.10. The van der Waals surface area contributed by atoms with E-state index in [2.05, 4.69) is 33.0 Å². The number of rotatable bonds is 6. The van der Waals surface area contributed by atoms with Crippen molar-refractivity contribution >= 4 is 21.8 Å². The van der Waals surface area contributed by atoms with Crippen LogP contribution in [0.25, 0.3) is 0 Å². The van der Waals surface area contributed by atoms with Gasteiger partial charge in [-0.15, -0.1) is 0 Å². The highest BCUT2D eigenvalue weighted by Crippen LogP contribution is 2.18. The maximum absolute atomic E-state index is 13.3. The van der Waals surface area contributed by atoms with Gasteiger partial charge in [-0.1, -0.05) is 18.2 Å². The van der Waals surface area contributed by atoms with Crippen LogP contribution in [0.15, 0.2) is 46.9 Å². The molecule has 0 spiro atoms. The van der Waals surface area contributed by atoms with E-state index in [-0.39, 0.29) is 11.7 Å².